The van der Waals surface area contributed by atoms with Gasteiger partial charge in [0.2, 0.25) is 0 Å². The number of hydrogen-bond acceptors (Lipinski definition) is 6. The number of methoxy groups -OCH3 is 1. The topological polar surface area (TPSA) is 83.2 Å². The fourth-order valence-electron chi connectivity index (χ4n) is 3.72. The monoisotopic (exact) mass is 412 g/mol. The molecule has 2 heterocycles. The van der Waals surface area contributed by atoms with E-state index in [0.717, 1.165) is 11.1 Å². The van der Waals surface area contributed by atoms with Crippen molar-refractivity contribution < 1.29 is 23.8 Å². The van der Waals surface area contributed by atoms with Crippen LogP contribution in [0.2, 0.25) is 0 Å². The molecule has 1 unspecified atom stereocenters. The summed E-state index contributed by atoms with van der Waals surface area (Å²) in [6.07, 6.45) is 0. The van der Waals surface area contributed by atoms with Gasteiger partial charge in [0.05, 0.1) is 12.7 Å². The highest BCUT2D eigenvalue weighted by Crippen LogP contribution is 2.41. The molecule has 1 fully saturated rings. The molecule has 7 nitrogen and oxygen atoms in total. The van der Waals surface area contributed by atoms with E-state index < -0.39 is 17.7 Å². The molecule has 3 rings (SSSR count). The highest BCUT2D eigenvalue weighted by atomic mass is 16.5. The third-order valence-electron chi connectivity index (χ3n) is 5.36. The van der Waals surface area contributed by atoms with Crippen LogP contribution in [0.4, 0.5) is 0 Å². The number of Topliss-reactive ketones (excluding diaryl/α,β-unsaturated/α-hetero) is 1. The van der Waals surface area contributed by atoms with Crippen molar-refractivity contribution in [2.24, 2.45) is 0 Å². The number of benzene rings is 1. The molecule has 30 heavy (non-hydrogen) atoms. The van der Waals surface area contributed by atoms with Crippen LogP contribution in [0.25, 0.3) is 5.76 Å². The first kappa shape index (κ1) is 21.6. The van der Waals surface area contributed by atoms with Crippen molar-refractivity contribution in [3.05, 3.63) is 58.0 Å². The SMILES string of the molecule is COc1cc(C)c(/C(O)=C2\C(=O)C(=O)N(CCN(C)C)C2c2ccc(C)o2)cc1C. The van der Waals surface area contributed by atoms with Crippen LogP contribution in [-0.2, 0) is 9.59 Å². The number of aliphatic hydroxyl groups is 1. The number of aliphatic hydroxyl groups excluding tert-OH is 1. The zero-order valence-corrected chi connectivity index (χ0v) is 18.3. The van der Waals surface area contributed by atoms with Gasteiger partial charge in [-0.15, -0.1) is 0 Å². The zero-order chi connectivity index (χ0) is 22.2. The fraction of sp³-hybridized carbons (Fsp3) is 0.391. The molecule has 1 amide bonds. The van der Waals surface area contributed by atoms with Gasteiger partial charge in [-0.2, -0.15) is 0 Å². The van der Waals surface area contributed by atoms with Crippen molar-refractivity contribution in [2.45, 2.75) is 26.8 Å². The van der Waals surface area contributed by atoms with E-state index in [2.05, 4.69) is 0 Å². The van der Waals surface area contributed by atoms with Crippen LogP contribution in [-0.4, -0.2) is 60.9 Å². The van der Waals surface area contributed by atoms with E-state index in [0.29, 0.717) is 35.9 Å². The molecule has 2 aromatic rings. The van der Waals surface area contributed by atoms with E-state index in [1.54, 1.807) is 38.3 Å². The lowest BCUT2D eigenvalue weighted by Gasteiger charge is -2.25. The van der Waals surface area contributed by atoms with Gasteiger partial charge in [-0.05, 0) is 70.3 Å². The first-order valence-corrected chi connectivity index (χ1v) is 9.80. The van der Waals surface area contributed by atoms with E-state index in [1.165, 1.54) is 4.90 Å². The number of amides is 1. The Kier molecular flexibility index (Phi) is 6.03. The molecule has 1 aliphatic heterocycles. The number of carbonyl (C=O) groups excluding carboxylic acids is 2. The summed E-state index contributed by atoms with van der Waals surface area (Å²) in [7, 11) is 5.37. The smallest absolute Gasteiger partial charge is 0.295 e. The molecular weight excluding hydrogens is 384 g/mol. The summed E-state index contributed by atoms with van der Waals surface area (Å²) in [5.74, 6) is 0.254. The zero-order valence-electron chi connectivity index (χ0n) is 18.3. The lowest BCUT2D eigenvalue weighted by atomic mass is 9.95. The van der Waals surface area contributed by atoms with Gasteiger partial charge in [-0.3, -0.25) is 9.59 Å². The average molecular weight is 412 g/mol. The Labute approximate surface area is 176 Å². The van der Waals surface area contributed by atoms with Gasteiger partial charge in [0.1, 0.15) is 29.1 Å². The second-order valence-electron chi connectivity index (χ2n) is 7.88. The normalized spacial score (nSPS) is 18.5. The number of likely N-dealkylation sites (N-methyl/N-ethyl adjacent to an activating group) is 1. The minimum atomic E-state index is -0.777. The van der Waals surface area contributed by atoms with Crippen molar-refractivity contribution >= 4 is 17.4 Å². The van der Waals surface area contributed by atoms with Gasteiger partial charge < -0.3 is 24.1 Å². The Morgan fingerprint density at radius 2 is 1.87 bits per heavy atom. The van der Waals surface area contributed by atoms with E-state index in [-0.39, 0.29) is 11.3 Å². The third kappa shape index (κ3) is 3.85. The molecule has 0 radical (unpaired) electrons. The van der Waals surface area contributed by atoms with Gasteiger partial charge >= 0.3 is 0 Å². The van der Waals surface area contributed by atoms with E-state index >= 15 is 0 Å². The van der Waals surface area contributed by atoms with E-state index in [9.17, 15) is 14.7 Å². The molecule has 1 N–H and O–H groups in total. The maximum atomic E-state index is 13.0. The van der Waals surface area contributed by atoms with Gasteiger partial charge in [0.15, 0.2) is 0 Å². The second-order valence-corrected chi connectivity index (χ2v) is 7.88. The predicted octanol–water partition coefficient (Wildman–Crippen LogP) is 3.20. The predicted molar refractivity (Wildman–Crippen MR) is 113 cm³/mol. The second kappa shape index (κ2) is 8.36. The number of nitrogens with zero attached hydrogens (tertiary/aromatic N) is 2. The standard InChI is InChI=1S/C23H28N2O5/c1-13-12-18(29-6)14(2)11-16(13)21(26)19-20(17-8-7-15(3)30-17)25(10-9-24(4)5)23(28)22(19)27/h7-8,11-12,20,26H,9-10H2,1-6H3/b21-19+. The number of likely N-dealkylation sites (tertiary alicyclic amines) is 1. The van der Waals surface area contributed by atoms with Crippen LogP contribution in [0.1, 0.15) is 34.3 Å². The molecule has 1 aromatic heterocycles. The first-order valence-electron chi connectivity index (χ1n) is 9.80. The number of aryl methyl sites for hydroxylation is 3. The highest BCUT2D eigenvalue weighted by molar-refractivity contribution is 6.46. The molecule has 0 saturated carbocycles. The van der Waals surface area contributed by atoms with Crippen molar-refractivity contribution in [3.8, 4) is 5.75 Å². The van der Waals surface area contributed by atoms with Crippen LogP contribution in [0.15, 0.2) is 34.3 Å². The summed E-state index contributed by atoms with van der Waals surface area (Å²) in [5.41, 5.74) is 2.09. The summed E-state index contributed by atoms with van der Waals surface area (Å²) < 4.78 is 11.1. The van der Waals surface area contributed by atoms with Crippen molar-refractivity contribution in [3.63, 3.8) is 0 Å². The Bertz CT molecular complexity index is 1020. The summed E-state index contributed by atoms with van der Waals surface area (Å²) >= 11 is 0. The number of furan rings is 1. The van der Waals surface area contributed by atoms with Crippen molar-refractivity contribution in [1.29, 1.82) is 0 Å². The minimum Gasteiger partial charge on any atom is -0.507 e. The molecule has 1 atom stereocenters. The molecule has 0 spiro atoms. The van der Waals surface area contributed by atoms with E-state index in [4.69, 9.17) is 9.15 Å². The molecule has 7 heteroatoms. The third-order valence-corrected chi connectivity index (χ3v) is 5.36. The van der Waals surface area contributed by atoms with Crippen LogP contribution in [0, 0.1) is 20.8 Å². The molecule has 1 saturated heterocycles. The van der Waals surface area contributed by atoms with Gasteiger partial charge in [0, 0.05) is 18.7 Å². The summed E-state index contributed by atoms with van der Waals surface area (Å²) in [5, 5.41) is 11.2. The lowest BCUT2D eigenvalue weighted by molar-refractivity contribution is -0.140. The summed E-state index contributed by atoms with van der Waals surface area (Å²) in [6, 6.07) is 6.32. The van der Waals surface area contributed by atoms with Crippen molar-refractivity contribution in [2.75, 3.05) is 34.3 Å². The van der Waals surface area contributed by atoms with Gasteiger partial charge in [0.25, 0.3) is 11.7 Å². The molecule has 0 aliphatic carbocycles. The van der Waals surface area contributed by atoms with Crippen LogP contribution in [0.3, 0.4) is 0 Å². The van der Waals surface area contributed by atoms with E-state index in [1.807, 2.05) is 32.8 Å². The largest absolute Gasteiger partial charge is 0.507 e. The number of ketones is 1. The Morgan fingerprint density at radius 3 is 2.43 bits per heavy atom. The molecule has 0 bridgehead atoms. The maximum absolute atomic E-state index is 13.0. The van der Waals surface area contributed by atoms with Crippen LogP contribution >= 0.6 is 0 Å². The Balaban J connectivity index is 2.18. The summed E-state index contributed by atoms with van der Waals surface area (Å²) in [6.45, 7) is 6.39. The number of carbonyl (C=O) groups is 2. The molecular formula is C23H28N2O5. The molecule has 160 valence electrons. The maximum Gasteiger partial charge on any atom is 0.295 e. The van der Waals surface area contributed by atoms with Gasteiger partial charge in [-0.1, -0.05) is 0 Å². The number of hydrogen-bond donors (Lipinski definition) is 1. The Hall–Kier alpha value is -3.06. The molecule has 1 aromatic carbocycles. The van der Waals surface area contributed by atoms with Crippen LogP contribution in [0.5, 0.6) is 5.75 Å². The quantitative estimate of drug-likeness (QED) is 0.446. The lowest BCUT2D eigenvalue weighted by Crippen LogP contribution is -2.35. The number of ether oxygens (including phenoxy) is 1. The van der Waals surface area contributed by atoms with Crippen molar-refractivity contribution in [1.82, 2.24) is 9.80 Å². The van der Waals surface area contributed by atoms with Gasteiger partial charge in [-0.25, -0.2) is 0 Å². The van der Waals surface area contributed by atoms with Crippen LogP contribution < -0.4 is 4.74 Å². The number of rotatable bonds is 6. The fourth-order valence-corrected chi connectivity index (χ4v) is 3.72. The Morgan fingerprint density at radius 1 is 1.17 bits per heavy atom. The average Bonchev–Trinajstić information content (AvgIpc) is 3.22. The highest BCUT2D eigenvalue weighted by Gasteiger charge is 2.47. The minimum absolute atomic E-state index is 0.0424. The summed E-state index contributed by atoms with van der Waals surface area (Å²) in [4.78, 5) is 29.3. The first-order chi connectivity index (χ1) is 14.1. The molecule has 1 aliphatic rings.